The third-order valence-electron chi connectivity index (χ3n) is 9.68. The maximum Gasteiger partial charge on any atom is 0.189 e. The zero-order valence-corrected chi connectivity index (χ0v) is 38.4. The fourth-order valence-electron chi connectivity index (χ4n) is 6.31. The number of nitrogen functional groups attached to an aromatic ring is 1. The van der Waals surface area contributed by atoms with Crippen LogP contribution in [0, 0.1) is 49.4 Å². The van der Waals surface area contributed by atoms with Crippen molar-refractivity contribution in [2.75, 3.05) is 5.73 Å². The van der Waals surface area contributed by atoms with Crippen LogP contribution in [-0.2, 0) is 0 Å². The Labute approximate surface area is 429 Å². The van der Waals surface area contributed by atoms with Crippen molar-refractivity contribution >= 4 is 62.1 Å². The average Bonchev–Trinajstić information content (AvgIpc) is 3.38. The van der Waals surface area contributed by atoms with Gasteiger partial charge in [0, 0.05) is 130 Å². The van der Waals surface area contributed by atoms with E-state index in [1.165, 1.54) is 18.2 Å². The molecule has 0 aliphatic rings. The van der Waals surface area contributed by atoms with Gasteiger partial charge in [0.2, 0.25) is 0 Å². The molecule has 0 amide bonds. The molecular weight excluding hydrogens is 975 g/mol. The largest absolute Gasteiger partial charge is 0.507 e. The number of nitrogens with zero attached hydrogens (tertiary/aromatic N) is 2. The Balaban J connectivity index is 0.000000166. The van der Waals surface area contributed by atoms with Gasteiger partial charge in [-0.15, -0.1) is 0 Å². The van der Waals surface area contributed by atoms with E-state index in [1.54, 1.807) is 122 Å². The van der Waals surface area contributed by atoms with Crippen molar-refractivity contribution < 1.29 is 79.1 Å². The summed E-state index contributed by atoms with van der Waals surface area (Å²) in [6, 6.07) is 63.2. The molecule has 0 bridgehead atoms. The van der Waals surface area contributed by atoms with Crippen LogP contribution in [0.15, 0.2) is 243 Å². The van der Waals surface area contributed by atoms with Crippen LogP contribution in [0.5, 0.6) is 0 Å². The summed E-state index contributed by atoms with van der Waals surface area (Å²) in [5.41, 5.74) is 12.1. The van der Waals surface area contributed by atoms with E-state index in [9.17, 15) is 29.7 Å². The van der Waals surface area contributed by atoms with Crippen LogP contribution in [0.3, 0.4) is 0 Å². The summed E-state index contributed by atoms with van der Waals surface area (Å²) in [5, 5.41) is 31.4. The Morgan fingerprint density at radius 2 is 0.657 bits per heavy atom. The van der Waals surface area contributed by atoms with E-state index >= 15 is 0 Å². The molecular formula is C57H45EuN3O6. The Bertz CT molecular complexity index is 2850. The van der Waals surface area contributed by atoms with Gasteiger partial charge in [0.1, 0.15) is 17.3 Å². The molecule has 9 rings (SSSR count). The van der Waals surface area contributed by atoms with Gasteiger partial charge in [-0.2, -0.15) is 0 Å². The molecule has 0 aliphatic carbocycles. The predicted molar refractivity (Wildman–Crippen MR) is 265 cm³/mol. The molecule has 0 unspecified atom stereocenters. The van der Waals surface area contributed by atoms with Gasteiger partial charge in [0.05, 0.1) is 11.0 Å². The van der Waals surface area contributed by atoms with E-state index in [0.717, 1.165) is 27.5 Å². The van der Waals surface area contributed by atoms with Crippen LogP contribution in [0.4, 0.5) is 5.69 Å². The van der Waals surface area contributed by atoms with Gasteiger partial charge in [-0.1, -0.05) is 188 Å². The molecule has 0 spiro atoms. The van der Waals surface area contributed by atoms with Crippen molar-refractivity contribution in [1.29, 1.82) is 0 Å². The number of anilines is 1. The molecule has 1 radical (unpaired) electrons. The Hall–Kier alpha value is -7.63. The number of aliphatic hydroxyl groups is 3. The van der Waals surface area contributed by atoms with Gasteiger partial charge in [-0.25, -0.2) is 0 Å². The molecule has 7 aromatic carbocycles. The van der Waals surface area contributed by atoms with Crippen LogP contribution >= 0.6 is 0 Å². The first-order chi connectivity index (χ1) is 32.2. The molecule has 0 saturated heterocycles. The molecule has 9 nitrogen and oxygen atoms in total. The van der Waals surface area contributed by atoms with Crippen LogP contribution in [0.2, 0.25) is 0 Å². The number of carbonyl (C=O) groups is 3. The van der Waals surface area contributed by atoms with Crippen molar-refractivity contribution in [3.8, 4) is 0 Å². The molecule has 0 fully saturated rings. The standard InChI is InChI=1S/3C15H12O2.C12H9N3.Eu/c3*16-14(12-7-3-1-4-8-12)11-15(17)13-9-5-2-6-10-13;13-10-7-8-3-1-5-14-11(8)12-9(10)4-2-6-15-12;/h3*1-11,16H;1-7H,13H2;/b3*14-11-;;. The molecule has 0 saturated carbocycles. The molecule has 67 heavy (non-hydrogen) atoms. The van der Waals surface area contributed by atoms with Gasteiger partial charge in [0.15, 0.2) is 17.3 Å². The smallest absolute Gasteiger partial charge is 0.189 e. The summed E-state index contributed by atoms with van der Waals surface area (Å²) < 4.78 is 0. The second-order valence-corrected chi connectivity index (χ2v) is 14.3. The van der Waals surface area contributed by atoms with E-state index in [4.69, 9.17) is 5.73 Å². The van der Waals surface area contributed by atoms with E-state index in [-0.39, 0.29) is 84.0 Å². The van der Waals surface area contributed by atoms with Gasteiger partial charge in [-0.3, -0.25) is 24.4 Å². The van der Waals surface area contributed by atoms with Crippen molar-refractivity contribution in [3.63, 3.8) is 0 Å². The zero-order chi connectivity index (χ0) is 46.5. The maximum atomic E-state index is 11.8. The van der Waals surface area contributed by atoms with Crippen LogP contribution in [0.25, 0.3) is 39.1 Å². The summed E-state index contributed by atoms with van der Waals surface area (Å²) in [4.78, 5) is 44.0. The minimum absolute atomic E-state index is 0. The number of rotatable bonds is 9. The SMILES string of the molecule is Nc1cc2cccnc2c2ncccc12.O=C(/C=C(\O)c1ccccc1)c1ccccc1.O=C(/C=C(\O)c1ccccc1)c1ccccc1.O=C(/C=C(\O)c1ccccc1)c1ccccc1.[Eu]. The van der Waals surface area contributed by atoms with E-state index < -0.39 is 0 Å². The number of fused-ring (bicyclic) bond motifs is 3. The molecule has 0 aliphatic heterocycles. The number of aliphatic hydroxyl groups excluding tert-OH is 3. The Morgan fingerprint density at radius 3 is 0.985 bits per heavy atom. The molecule has 0 atom stereocenters. The number of nitrogens with two attached hydrogens (primary N) is 1. The van der Waals surface area contributed by atoms with Crippen molar-refractivity contribution in [2.24, 2.45) is 0 Å². The van der Waals surface area contributed by atoms with Gasteiger partial charge in [-0.05, 0) is 24.3 Å². The number of hydrogen-bond acceptors (Lipinski definition) is 9. The number of benzene rings is 7. The number of aromatic nitrogens is 2. The number of carbonyl (C=O) groups excluding carboxylic acids is 3. The number of pyridine rings is 2. The first-order valence-electron chi connectivity index (χ1n) is 20.7. The van der Waals surface area contributed by atoms with Gasteiger partial charge in [0.25, 0.3) is 0 Å². The maximum absolute atomic E-state index is 11.8. The topological polar surface area (TPSA) is 164 Å². The summed E-state index contributed by atoms with van der Waals surface area (Å²) in [6.45, 7) is 0. The van der Waals surface area contributed by atoms with Crippen LogP contribution in [-0.4, -0.2) is 42.6 Å². The fourth-order valence-corrected chi connectivity index (χ4v) is 6.31. The summed E-state index contributed by atoms with van der Waals surface area (Å²) in [5.74, 6) is -0.649. The Morgan fingerprint density at radius 1 is 0.373 bits per heavy atom. The second-order valence-electron chi connectivity index (χ2n) is 14.3. The molecule has 331 valence electrons. The summed E-state index contributed by atoms with van der Waals surface area (Å²) >= 11 is 0. The second kappa shape index (κ2) is 26.4. The first kappa shape index (κ1) is 50.4. The van der Waals surface area contributed by atoms with Crippen molar-refractivity contribution in [2.45, 2.75) is 0 Å². The van der Waals surface area contributed by atoms with Crippen LogP contribution < -0.4 is 5.73 Å². The van der Waals surface area contributed by atoms with E-state index in [2.05, 4.69) is 9.97 Å². The fraction of sp³-hybridized carbons (Fsp3) is 0. The normalized spacial score (nSPS) is 11.0. The van der Waals surface area contributed by atoms with Gasteiger partial charge < -0.3 is 21.1 Å². The van der Waals surface area contributed by atoms with Crippen molar-refractivity contribution in [3.05, 3.63) is 276 Å². The molecule has 10 heteroatoms. The van der Waals surface area contributed by atoms with E-state index in [0.29, 0.717) is 33.4 Å². The minimum Gasteiger partial charge on any atom is -0.507 e. The third kappa shape index (κ3) is 15.2. The molecule has 5 N–H and O–H groups in total. The minimum atomic E-state index is -0.202. The molecule has 2 heterocycles. The number of hydrogen-bond donors (Lipinski definition) is 4. The number of ketones is 3. The molecule has 9 aromatic rings. The average molecular weight is 1020 g/mol. The summed E-state index contributed by atoms with van der Waals surface area (Å²) in [6.07, 6.45) is 7.25. The van der Waals surface area contributed by atoms with Gasteiger partial charge >= 0.3 is 0 Å². The quantitative estimate of drug-likeness (QED) is 0.0362. The third-order valence-corrected chi connectivity index (χ3v) is 9.68. The monoisotopic (exact) mass is 1020 g/mol. The van der Waals surface area contributed by atoms with E-state index in [1.807, 2.05) is 103 Å². The Kier molecular flexibility index (Phi) is 19.8. The first-order valence-corrected chi connectivity index (χ1v) is 20.7. The molecule has 2 aromatic heterocycles. The number of allylic oxidation sites excluding steroid dienone is 3. The predicted octanol–water partition coefficient (Wildman–Crippen LogP) is 12.8. The van der Waals surface area contributed by atoms with Crippen molar-refractivity contribution in [1.82, 2.24) is 9.97 Å². The summed E-state index contributed by atoms with van der Waals surface area (Å²) in [7, 11) is 0. The van der Waals surface area contributed by atoms with Crippen LogP contribution in [0.1, 0.15) is 47.8 Å². The zero-order valence-electron chi connectivity index (χ0n) is 36.0.